The van der Waals surface area contributed by atoms with Crippen molar-refractivity contribution in [1.29, 1.82) is 0 Å². The highest BCUT2D eigenvalue weighted by Crippen LogP contribution is 2.39. The minimum Gasteiger partial charge on any atom is -0.497 e. The van der Waals surface area contributed by atoms with Crippen molar-refractivity contribution in [2.45, 2.75) is 19.3 Å². The van der Waals surface area contributed by atoms with Gasteiger partial charge in [0, 0.05) is 11.5 Å². The Morgan fingerprint density at radius 1 is 1.15 bits per heavy atom. The summed E-state index contributed by atoms with van der Waals surface area (Å²) in [5, 5.41) is 0. The van der Waals surface area contributed by atoms with Gasteiger partial charge >= 0.3 is 5.97 Å². The molecule has 0 radical (unpaired) electrons. The Balaban J connectivity index is 2.03. The highest BCUT2D eigenvalue weighted by Gasteiger charge is 2.28. The number of methoxy groups -OCH3 is 1. The monoisotopic (exact) mass is 268 g/mol. The highest BCUT2D eigenvalue weighted by atomic mass is 16.5. The molecule has 1 aliphatic rings. The lowest BCUT2D eigenvalue weighted by atomic mass is 9.86. The van der Waals surface area contributed by atoms with E-state index in [4.69, 9.17) is 9.47 Å². The average Bonchev–Trinajstić information content (AvgIpc) is 2.46. The van der Waals surface area contributed by atoms with Gasteiger partial charge in [-0.1, -0.05) is 24.3 Å². The molecule has 1 atom stereocenters. The van der Waals surface area contributed by atoms with E-state index in [1.54, 1.807) is 7.11 Å². The fourth-order valence-corrected chi connectivity index (χ4v) is 2.59. The van der Waals surface area contributed by atoms with E-state index in [-0.39, 0.29) is 11.9 Å². The van der Waals surface area contributed by atoms with Gasteiger partial charge in [-0.3, -0.25) is 4.79 Å². The van der Waals surface area contributed by atoms with Crippen molar-refractivity contribution in [1.82, 2.24) is 0 Å². The molecular weight excluding hydrogens is 252 g/mol. The zero-order valence-corrected chi connectivity index (χ0v) is 11.6. The topological polar surface area (TPSA) is 35.5 Å². The van der Waals surface area contributed by atoms with Gasteiger partial charge < -0.3 is 9.47 Å². The van der Waals surface area contributed by atoms with E-state index in [2.05, 4.69) is 6.07 Å². The van der Waals surface area contributed by atoms with Gasteiger partial charge in [0.25, 0.3) is 0 Å². The summed E-state index contributed by atoms with van der Waals surface area (Å²) < 4.78 is 10.5. The van der Waals surface area contributed by atoms with E-state index in [0.717, 1.165) is 22.4 Å². The second-order valence-corrected chi connectivity index (χ2v) is 5.05. The van der Waals surface area contributed by atoms with E-state index in [1.165, 1.54) is 0 Å². The SMILES string of the molecule is COc1ccc([C@@H]2CC(=O)Oc3cc(C)ccc32)cc1. The zero-order chi connectivity index (χ0) is 14.1. The number of hydrogen-bond acceptors (Lipinski definition) is 3. The van der Waals surface area contributed by atoms with Gasteiger partial charge in [-0.05, 0) is 36.2 Å². The molecule has 0 aromatic heterocycles. The largest absolute Gasteiger partial charge is 0.497 e. The minimum atomic E-state index is -0.177. The van der Waals surface area contributed by atoms with Crippen molar-refractivity contribution in [3.8, 4) is 11.5 Å². The summed E-state index contributed by atoms with van der Waals surface area (Å²) in [4.78, 5) is 11.8. The molecule has 0 spiro atoms. The Labute approximate surface area is 118 Å². The van der Waals surface area contributed by atoms with E-state index in [0.29, 0.717) is 12.2 Å². The maximum absolute atomic E-state index is 11.8. The van der Waals surface area contributed by atoms with Crippen LogP contribution >= 0.6 is 0 Å². The normalized spacial score (nSPS) is 17.3. The first-order valence-corrected chi connectivity index (χ1v) is 6.62. The maximum Gasteiger partial charge on any atom is 0.312 e. The summed E-state index contributed by atoms with van der Waals surface area (Å²) in [6.07, 6.45) is 0.377. The summed E-state index contributed by atoms with van der Waals surface area (Å²) in [5.41, 5.74) is 3.26. The van der Waals surface area contributed by atoms with Crippen LogP contribution in [0.15, 0.2) is 42.5 Å². The van der Waals surface area contributed by atoms with Crippen molar-refractivity contribution in [2.24, 2.45) is 0 Å². The first-order valence-electron chi connectivity index (χ1n) is 6.62. The molecule has 3 heteroatoms. The number of esters is 1. The molecular formula is C17H16O3. The molecule has 0 N–H and O–H groups in total. The lowest BCUT2D eigenvalue weighted by Gasteiger charge is -2.25. The lowest BCUT2D eigenvalue weighted by Crippen LogP contribution is -2.21. The zero-order valence-electron chi connectivity index (χ0n) is 11.6. The van der Waals surface area contributed by atoms with Gasteiger partial charge in [0.1, 0.15) is 11.5 Å². The summed E-state index contributed by atoms with van der Waals surface area (Å²) in [6, 6.07) is 13.9. The van der Waals surface area contributed by atoms with Crippen LogP contribution in [-0.4, -0.2) is 13.1 Å². The quantitative estimate of drug-likeness (QED) is 0.618. The van der Waals surface area contributed by atoms with Crippen molar-refractivity contribution in [2.75, 3.05) is 7.11 Å². The summed E-state index contributed by atoms with van der Waals surface area (Å²) >= 11 is 0. The van der Waals surface area contributed by atoms with Crippen molar-refractivity contribution in [3.63, 3.8) is 0 Å². The average molecular weight is 268 g/mol. The number of rotatable bonds is 2. The molecule has 3 rings (SSSR count). The van der Waals surface area contributed by atoms with Crippen LogP contribution in [0.1, 0.15) is 29.0 Å². The molecule has 1 aliphatic heterocycles. The van der Waals surface area contributed by atoms with Gasteiger partial charge in [0.05, 0.1) is 13.5 Å². The van der Waals surface area contributed by atoms with Crippen molar-refractivity contribution < 1.29 is 14.3 Å². The summed E-state index contributed by atoms with van der Waals surface area (Å²) in [7, 11) is 1.64. The number of aryl methyl sites for hydroxylation is 1. The molecule has 3 nitrogen and oxygen atoms in total. The molecule has 0 amide bonds. The van der Waals surface area contributed by atoms with Crippen LogP contribution < -0.4 is 9.47 Å². The third-order valence-electron chi connectivity index (χ3n) is 3.66. The first-order chi connectivity index (χ1) is 9.67. The third kappa shape index (κ3) is 2.27. The molecule has 0 bridgehead atoms. The van der Waals surface area contributed by atoms with Gasteiger partial charge in [-0.25, -0.2) is 0 Å². The molecule has 0 aliphatic carbocycles. The van der Waals surface area contributed by atoms with Crippen LogP contribution in [0.25, 0.3) is 0 Å². The van der Waals surface area contributed by atoms with Gasteiger partial charge in [-0.15, -0.1) is 0 Å². The van der Waals surface area contributed by atoms with E-state index >= 15 is 0 Å². The minimum absolute atomic E-state index is 0.0535. The fraction of sp³-hybridized carbons (Fsp3) is 0.235. The third-order valence-corrected chi connectivity index (χ3v) is 3.66. The number of fused-ring (bicyclic) bond motifs is 1. The fourth-order valence-electron chi connectivity index (χ4n) is 2.59. The van der Waals surface area contributed by atoms with Crippen LogP contribution in [0.4, 0.5) is 0 Å². The highest BCUT2D eigenvalue weighted by molar-refractivity contribution is 5.77. The van der Waals surface area contributed by atoms with Crippen molar-refractivity contribution in [3.05, 3.63) is 59.2 Å². The van der Waals surface area contributed by atoms with Gasteiger partial charge in [0.2, 0.25) is 0 Å². The van der Waals surface area contributed by atoms with Crippen LogP contribution in [0, 0.1) is 6.92 Å². The molecule has 0 fully saturated rings. The van der Waals surface area contributed by atoms with E-state index in [9.17, 15) is 4.79 Å². The van der Waals surface area contributed by atoms with Crippen LogP contribution in [0.3, 0.4) is 0 Å². The van der Waals surface area contributed by atoms with E-state index in [1.807, 2.05) is 43.3 Å². The van der Waals surface area contributed by atoms with E-state index < -0.39 is 0 Å². The summed E-state index contributed by atoms with van der Waals surface area (Å²) in [5.74, 6) is 1.38. The number of carbonyl (C=O) groups excluding carboxylic acids is 1. The second-order valence-electron chi connectivity index (χ2n) is 5.05. The molecule has 20 heavy (non-hydrogen) atoms. The molecule has 0 unspecified atom stereocenters. The molecule has 2 aromatic rings. The Hall–Kier alpha value is -2.29. The molecule has 102 valence electrons. The molecule has 0 saturated carbocycles. The number of hydrogen-bond donors (Lipinski definition) is 0. The van der Waals surface area contributed by atoms with Crippen molar-refractivity contribution >= 4 is 5.97 Å². The molecule has 1 heterocycles. The lowest BCUT2D eigenvalue weighted by molar-refractivity contribution is -0.135. The standard InChI is InChI=1S/C17H16O3/c1-11-3-8-14-15(10-17(18)20-16(14)9-11)12-4-6-13(19-2)7-5-12/h3-9,15H,10H2,1-2H3/t15-/m0/s1. The number of benzene rings is 2. The van der Waals surface area contributed by atoms with Gasteiger partial charge in [0.15, 0.2) is 0 Å². The maximum atomic E-state index is 11.8. The van der Waals surface area contributed by atoms with Crippen LogP contribution in [0.5, 0.6) is 11.5 Å². The Kier molecular flexibility index (Phi) is 3.18. The number of ether oxygens (including phenoxy) is 2. The molecule has 2 aromatic carbocycles. The smallest absolute Gasteiger partial charge is 0.312 e. The van der Waals surface area contributed by atoms with Gasteiger partial charge in [-0.2, -0.15) is 0 Å². The Morgan fingerprint density at radius 3 is 2.60 bits per heavy atom. The number of carbonyl (C=O) groups is 1. The van der Waals surface area contributed by atoms with Crippen LogP contribution in [0.2, 0.25) is 0 Å². The molecule has 0 saturated heterocycles. The Bertz CT molecular complexity index is 644. The second kappa shape index (κ2) is 5.00. The predicted octanol–water partition coefficient (Wildman–Crippen LogP) is 3.44. The van der Waals surface area contributed by atoms with Crippen LogP contribution in [-0.2, 0) is 4.79 Å². The summed E-state index contributed by atoms with van der Waals surface area (Å²) in [6.45, 7) is 1.99. The predicted molar refractivity (Wildman–Crippen MR) is 76.3 cm³/mol. The Morgan fingerprint density at radius 2 is 1.90 bits per heavy atom. The first kappa shape index (κ1) is 12.7.